The fourth-order valence-electron chi connectivity index (χ4n) is 2.32. The number of hydrogen-bond donors (Lipinski definition) is 3. The summed E-state index contributed by atoms with van der Waals surface area (Å²) in [4.78, 5) is 23.5. The molecule has 0 radical (unpaired) electrons. The third-order valence-electron chi connectivity index (χ3n) is 3.70. The minimum Gasteiger partial charge on any atom is -0.454 e. The van der Waals surface area contributed by atoms with Gasteiger partial charge in [0.25, 0.3) is 0 Å². The Morgan fingerprint density at radius 1 is 0.885 bits per heavy atom. The van der Waals surface area contributed by atoms with Crippen molar-refractivity contribution in [2.75, 3.05) is 13.3 Å². The number of fused-ring (bicyclic) bond motifs is 1. The lowest BCUT2D eigenvalue weighted by molar-refractivity contribution is -0.120. The Hall–Kier alpha value is -3.29. The van der Waals surface area contributed by atoms with Crippen LogP contribution in [0.5, 0.6) is 11.5 Å². The number of nitrogens with one attached hydrogen (secondary N) is 3. The maximum atomic E-state index is 12.8. The molecule has 3 amide bonds. The Morgan fingerprint density at radius 3 is 2.38 bits per heavy atom. The monoisotopic (exact) mass is 359 g/mol. The van der Waals surface area contributed by atoms with Crippen molar-refractivity contribution in [2.45, 2.75) is 13.1 Å². The Kier molecular flexibility index (Phi) is 5.52. The molecule has 26 heavy (non-hydrogen) atoms. The number of ether oxygens (including phenoxy) is 2. The highest BCUT2D eigenvalue weighted by Gasteiger charge is 2.13. The molecule has 0 saturated heterocycles. The summed E-state index contributed by atoms with van der Waals surface area (Å²) in [6.07, 6.45) is 0. The Bertz CT molecular complexity index is 796. The third kappa shape index (κ3) is 4.85. The summed E-state index contributed by atoms with van der Waals surface area (Å²) in [5, 5.41) is 7.76. The van der Waals surface area contributed by atoms with E-state index in [4.69, 9.17) is 9.47 Å². The van der Waals surface area contributed by atoms with Crippen LogP contribution in [0.3, 0.4) is 0 Å². The molecular formula is C18H18FN3O4. The second-order valence-corrected chi connectivity index (χ2v) is 5.63. The smallest absolute Gasteiger partial charge is 0.315 e. The van der Waals surface area contributed by atoms with Crippen LogP contribution in [0, 0.1) is 5.82 Å². The molecule has 0 spiro atoms. The van der Waals surface area contributed by atoms with E-state index in [0.717, 1.165) is 11.1 Å². The summed E-state index contributed by atoms with van der Waals surface area (Å²) in [5.41, 5.74) is 1.62. The van der Waals surface area contributed by atoms with E-state index in [1.165, 1.54) is 12.1 Å². The molecule has 1 aliphatic heterocycles. The highest BCUT2D eigenvalue weighted by molar-refractivity contribution is 5.83. The van der Waals surface area contributed by atoms with Gasteiger partial charge in [-0.25, -0.2) is 9.18 Å². The second kappa shape index (κ2) is 8.19. The van der Waals surface area contributed by atoms with E-state index in [-0.39, 0.29) is 31.6 Å². The number of carbonyl (C=O) groups excluding carboxylic acids is 2. The maximum absolute atomic E-state index is 12.8. The molecule has 2 aromatic rings. The zero-order valence-electron chi connectivity index (χ0n) is 13.9. The van der Waals surface area contributed by atoms with Crippen LogP contribution in [-0.4, -0.2) is 25.3 Å². The summed E-state index contributed by atoms with van der Waals surface area (Å²) >= 11 is 0. The molecule has 3 rings (SSSR count). The molecule has 0 unspecified atom stereocenters. The zero-order chi connectivity index (χ0) is 18.4. The van der Waals surface area contributed by atoms with E-state index >= 15 is 0 Å². The molecule has 3 N–H and O–H groups in total. The van der Waals surface area contributed by atoms with Crippen LogP contribution in [0.25, 0.3) is 0 Å². The van der Waals surface area contributed by atoms with Gasteiger partial charge in [0.05, 0.1) is 6.54 Å². The summed E-state index contributed by atoms with van der Waals surface area (Å²) in [6, 6.07) is 10.7. The fraction of sp³-hybridized carbons (Fsp3) is 0.222. The van der Waals surface area contributed by atoms with Gasteiger partial charge < -0.3 is 25.4 Å². The van der Waals surface area contributed by atoms with Crippen LogP contribution in [-0.2, 0) is 17.9 Å². The number of urea groups is 1. The highest BCUT2D eigenvalue weighted by Crippen LogP contribution is 2.32. The van der Waals surface area contributed by atoms with Crippen LogP contribution in [0.15, 0.2) is 42.5 Å². The standard InChI is InChI=1S/C18H18FN3O4/c19-14-4-1-12(2-5-14)8-21-18(24)22-10-17(23)20-9-13-3-6-15-16(7-13)26-11-25-15/h1-7H,8-11H2,(H,20,23)(H2,21,22,24). The lowest BCUT2D eigenvalue weighted by Gasteiger charge is -2.09. The molecule has 0 saturated carbocycles. The minimum absolute atomic E-state index is 0.153. The van der Waals surface area contributed by atoms with Crippen LogP contribution >= 0.6 is 0 Å². The molecule has 1 heterocycles. The topological polar surface area (TPSA) is 88.7 Å². The van der Waals surface area contributed by atoms with Crippen LogP contribution in [0.2, 0.25) is 0 Å². The summed E-state index contributed by atoms with van der Waals surface area (Å²) < 4.78 is 23.3. The second-order valence-electron chi connectivity index (χ2n) is 5.63. The average molecular weight is 359 g/mol. The number of halogens is 1. The number of carbonyl (C=O) groups is 2. The molecular weight excluding hydrogens is 341 g/mol. The van der Waals surface area contributed by atoms with Gasteiger partial charge in [0.1, 0.15) is 5.82 Å². The largest absolute Gasteiger partial charge is 0.454 e. The van der Waals surface area contributed by atoms with Crippen molar-refractivity contribution >= 4 is 11.9 Å². The first kappa shape index (κ1) is 17.5. The first-order chi connectivity index (χ1) is 12.6. The van der Waals surface area contributed by atoms with Gasteiger partial charge in [-0.05, 0) is 35.4 Å². The van der Waals surface area contributed by atoms with Crippen LogP contribution in [0.4, 0.5) is 9.18 Å². The molecule has 1 aliphatic rings. The summed E-state index contributed by atoms with van der Waals surface area (Å²) in [5.74, 6) is 0.673. The van der Waals surface area contributed by atoms with E-state index in [0.29, 0.717) is 18.0 Å². The number of benzene rings is 2. The Balaban J connectivity index is 1.35. The molecule has 0 atom stereocenters. The van der Waals surface area contributed by atoms with Gasteiger partial charge in [0.15, 0.2) is 11.5 Å². The number of amides is 3. The molecule has 7 nitrogen and oxygen atoms in total. The highest BCUT2D eigenvalue weighted by atomic mass is 19.1. The van der Waals surface area contributed by atoms with E-state index < -0.39 is 6.03 Å². The van der Waals surface area contributed by atoms with E-state index in [1.54, 1.807) is 24.3 Å². The van der Waals surface area contributed by atoms with Crippen molar-refractivity contribution in [3.05, 3.63) is 59.4 Å². The SMILES string of the molecule is O=C(CNC(=O)NCc1ccc(F)cc1)NCc1ccc2c(c1)OCO2. The normalized spacial score (nSPS) is 11.7. The molecule has 0 aromatic heterocycles. The van der Waals surface area contributed by atoms with Gasteiger partial charge in [-0.2, -0.15) is 0 Å². The average Bonchev–Trinajstić information content (AvgIpc) is 3.12. The van der Waals surface area contributed by atoms with Gasteiger partial charge in [-0.15, -0.1) is 0 Å². The van der Waals surface area contributed by atoms with E-state index in [2.05, 4.69) is 16.0 Å². The fourth-order valence-corrected chi connectivity index (χ4v) is 2.32. The van der Waals surface area contributed by atoms with Crippen LogP contribution < -0.4 is 25.4 Å². The predicted molar refractivity (Wildman–Crippen MR) is 91.1 cm³/mol. The van der Waals surface area contributed by atoms with Crippen molar-refractivity contribution < 1.29 is 23.5 Å². The lowest BCUT2D eigenvalue weighted by atomic mass is 10.2. The maximum Gasteiger partial charge on any atom is 0.315 e. The quantitative estimate of drug-likeness (QED) is 0.732. The predicted octanol–water partition coefficient (Wildman–Crippen LogP) is 1.67. The third-order valence-corrected chi connectivity index (χ3v) is 3.70. The van der Waals surface area contributed by atoms with E-state index in [9.17, 15) is 14.0 Å². The van der Waals surface area contributed by atoms with Crippen molar-refractivity contribution in [3.63, 3.8) is 0 Å². The number of hydrogen-bond acceptors (Lipinski definition) is 4. The zero-order valence-corrected chi connectivity index (χ0v) is 13.9. The van der Waals surface area contributed by atoms with Gasteiger partial charge in [-0.1, -0.05) is 18.2 Å². The number of rotatable bonds is 6. The van der Waals surface area contributed by atoms with Crippen LogP contribution in [0.1, 0.15) is 11.1 Å². The molecule has 0 aliphatic carbocycles. The summed E-state index contributed by atoms with van der Waals surface area (Å²) in [7, 11) is 0. The molecule has 136 valence electrons. The molecule has 0 fully saturated rings. The van der Waals surface area contributed by atoms with Gasteiger partial charge >= 0.3 is 6.03 Å². The molecule has 8 heteroatoms. The Morgan fingerprint density at radius 2 is 1.58 bits per heavy atom. The molecule has 2 aromatic carbocycles. The summed E-state index contributed by atoms with van der Waals surface area (Å²) in [6.45, 7) is 0.598. The van der Waals surface area contributed by atoms with Crippen molar-refractivity contribution in [2.24, 2.45) is 0 Å². The van der Waals surface area contributed by atoms with Crippen molar-refractivity contribution in [1.82, 2.24) is 16.0 Å². The van der Waals surface area contributed by atoms with E-state index in [1.807, 2.05) is 6.07 Å². The van der Waals surface area contributed by atoms with Gasteiger partial charge in [0, 0.05) is 13.1 Å². The van der Waals surface area contributed by atoms with Gasteiger partial charge in [0.2, 0.25) is 12.7 Å². The first-order valence-electron chi connectivity index (χ1n) is 8.01. The minimum atomic E-state index is -0.479. The molecule has 0 bridgehead atoms. The van der Waals surface area contributed by atoms with Crippen molar-refractivity contribution in [1.29, 1.82) is 0 Å². The first-order valence-corrected chi connectivity index (χ1v) is 8.01. The Labute approximate surface area is 149 Å². The lowest BCUT2D eigenvalue weighted by Crippen LogP contribution is -2.41. The van der Waals surface area contributed by atoms with Crippen molar-refractivity contribution in [3.8, 4) is 11.5 Å². The van der Waals surface area contributed by atoms with Gasteiger partial charge in [-0.3, -0.25) is 4.79 Å².